The molecule has 0 aromatic rings. The van der Waals surface area contributed by atoms with Gasteiger partial charge in [-0.2, -0.15) is 0 Å². The molecule has 1 saturated carbocycles. The molecule has 1 nitrogen and oxygen atoms in total. The summed E-state index contributed by atoms with van der Waals surface area (Å²) in [6, 6.07) is 0. The average Bonchev–Trinajstić information content (AvgIpc) is 2.60. The Hall–Kier alpha value is 0.123. The zero-order valence-electron chi connectivity index (χ0n) is 14.0. The normalized spacial score (nSPS) is 25.5. The van der Waals surface area contributed by atoms with Crippen LogP contribution in [-0.2, 0) is 17.4 Å². The molecule has 0 radical (unpaired) electrons. The van der Waals surface area contributed by atoms with E-state index >= 15 is 0 Å². The zero-order chi connectivity index (χ0) is 16.9. The molecule has 1 fully saturated rings. The van der Waals surface area contributed by atoms with E-state index in [1.54, 1.807) is 11.1 Å². The number of halogens is 3. The number of allylic oxidation sites excluding steroid dienone is 6. The van der Waals surface area contributed by atoms with Gasteiger partial charge >= 0.3 is 47.8 Å². The van der Waals surface area contributed by atoms with Crippen molar-refractivity contribution < 1.29 is 17.4 Å². The standard InChI is InChI=1S/C19H23O.3ClH.Zn/c1-2-6-14(7-3-1)15-10-11-19-17(12-15)13-16-8-4-5-9-18(16)20-19;;;;/h4,8,12-13,19H,1-3,5-7,9-11H2;3*1H;/q+1;;;;+2/p-3. The molecular formula is C19H23Cl3OZn. The van der Waals surface area contributed by atoms with Crippen molar-refractivity contribution in [2.75, 3.05) is 0 Å². The summed E-state index contributed by atoms with van der Waals surface area (Å²) in [5.41, 5.74) is 6.08. The minimum absolute atomic E-state index is 0.327. The average molecular weight is 439 g/mol. The first kappa shape index (κ1) is 18.9. The van der Waals surface area contributed by atoms with Gasteiger partial charge in [0.1, 0.15) is 0 Å². The molecule has 128 valence electrons. The number of carbonyl (C=O) groups excluding carboxylic acids is 1. The van der Waals surface area contributed by atoms with Crippen molar-refractivity contribution >= 4 is 34.9 Å². The summed E-state index contributed by atoms with van der Waals surface area (Å²) in [7, 11) is 15.0. The van der Waals surface area contributed by atoms with Crippen LogP contribution in [0.4, 0.5) is 0 Å². The molecule has 4 rings (SSSR count). The fourth-order valence-electron chi connectivity index (χ4n) is 3.93. The molecule has 1 aliphatic heterocycles. The van der Waals surface area contributed by atoms with Crippen molar-refractivity contribution in [3.05, 3.63) is 46.6 Å². The number of ketones is 1. The number of hydrogen-bond donors (Lipinski definition) is 0. The third kappa shape index (κ3) is 5.07. The van der Waals surface area contributed by atoms with E-state index in [1.807, 2.05) is 0 Å². The van der Waals surface area contributed by atoms with E-state index in [4.69, 9.17) is 33.5 Å². The van der Waals surface area contributed by atoms with Gasteiger partial charge in [0.2, 0.25) is 0 Å². The molecule has 0 aromatic heterocycles. The Bertz CT molecular complexity index is 618. The molecule has 1 heterocycles. The van der Waals surface area contributed by atoms with Crippen molar-refractivity contribution in [1.29, 1.82) is 0 Å². The topological polar surface area (TPSA) is 11.3 Å². The van der Waals surface area contributed by atoms with E-state index < -0.39 is 13.0 Å². The molecule has 24 heavy (non-hydrogen) atoms. The predicted octanol–water partition coefficient (Wildman–Crippen LogP) is 6.80. The Labute approximate surface area is 162 Å². The van der Waals surface area contributed by atoms with E-state index in [1.165, 1.54) is 61.9 Å². The van der Waals surface area contributed by atoms with Crippen LogP contribution in [0.25, 0.3) is 0 Å². The Morgan fingerprint density at radius 1 is 0.958 bits per heavy atom. The second-order valence-electron chi connectivity index (χ2n) is 6.75. The zero-order valence-corrected chi connectivity index (χ0v) is 19.2. The monoisotopic (exact) mass is 436 g/mol. The number of rotatable bonds is 0. The first-order chi connectivity index (χ1) is 11.6. The molecule has 0 spiro atoms. The Morgan fingerprint density at radius 3 is 2.46 bits per heavy atom. The van der Waals surface area contributed by atoms with Gasteiger partial charge in [0.15, 0.2) is 0 Å². The fraction of sp³-hybridized carbons (Fsp3) is 0.526. The summed E-state index contributed by atoms with van der Waals surface area (Å²) in [5.74, 6) is 1.23. The van der Waals surface area contributed by atoms with E-state index in [9.17, 15) is 0 Å². The quantitative estimate of drug-likeness (QED) is 0.291. The Kier molecular flexibility index (Phi) is 7.22. The van der Waals surface area contributed by atoms with E-state index in [2.05, 4.69) is 24.3 Å². The molecule has 1 atom stereocenters. The van der Waals surface area contributed by atoms with Gasteiger partial charge in [0.25, 0.3) is 6.10 Å². The second kappa shape index (κ2) is 9.17. The van der Waals surface area contributed by atoms with Crippen molar-refractivity contribution in [3.8, 4) is 0 Å². The van der Waals surface area contributed by atoms with E-state index in [0.29, 0.717) is 6.10 Å². The molecule has 3 aliphatic carbocycles. The molecule has 0 aromatic carbocycles. The summed E-state index contributed by atoms with van der Waals surface area (Å²) in [5, 5.41) is 0. The van der Waals surface area contributed by atoms with Gasteiger partial charge in [-0.05, 0) is 62.3 Å². The fourth-order valence-corrected chi connectivity index (χ4v) is 3.93. The van der Waals surface area contributed by atoms with Crippen molar-refractivity contribution in [2.24, 2.45) is 0 Å². The molecule has 0 amide bonds. The first-order valence-corrected chi connectivity index (χ1v) is 20.7. The van der Waals surface area contributed by atoms with Crippen molar-refractivity contribution in [1.82, 2.24) is 0 Å². The van der Waals surface area contributed by atoms with Gasteiger partial charge in [0.05, 0.1) is 17.6 Å². The van der Waals surface area contributed by atoms with Crippen LogP contribution < -0.4 is 0 Å². The Balaban J connectivity index is 0.000000383. The van der Waals surface area contributed by atoms with Crippen molar-refractivity contribution in [2.45, 2.75) is 63.9 Å². The summed E-state index contributed by atoms with van der Waals surface area (Å²) in [6.07, 6.45) is 21.1. The van der Waals surface area contributed by atoms with Gasteiger partial charge < -0.3 is 0 Å². The van der Waals surface area contributed by atoms with Gasteiger partial charge in [-0.3, -0.25) is 4.42 Å². The molecule has 0 saturated heterocycles. The molecule has 1 unspecified atom stereocenters. The maximum atomic E-state index is 6.24. The van der Waals surface area contributed by atoms with Gasteiger partial charge in [0, 0.05) is 6.42 Å². The van der Waals surface area contributed by atoms with Crippen LogP contribution in [0, 0.1) is 0 Å². The van der Waals surface area contributed by atoms with Crippen LogP contribution in [0.15, 0.2) is 46.6 Å². The Morgan fingerprint density at radius 2 is 1.71 bits per heavy atom. The molecule has 0 bridgehead atoms. The van der Waals surface area contributed by atoms with Crippen LogP contribution in [0.5, 0.6) is 0 Å². The summed E-state index contributed by atoms with van der Waals surface area (Å²) in [6.45, 7) is 0. The molecule has 0 N–H and O–H groups in total. The summed E-state index contributed by atoms with van der Waals surface area (Å²) >= 11 is -2.21. The van der Waals surface area contributed by atoms with Gasteiger partial charge in [-0.15, -0.1) is 0 Å². The SMILES string of the molecule is C1=CC2=CC3=CC(=C4CCCCC4)CCC3[O+]=C2CC1.[Cl][Zn-]([Cl])[Cl]. The third-order valence-corrected chi connectivity index (χ3v) is 5.06. The van der Waals surface area contributed by atoms with Crippen LogP contribution in [-0.4, -0.2) is 11.9 Å². The second-order valence-corrected chi connectivity index (χ2v) is 20.6. The summed E-state index contributed by atoms with van der Waals surface area (Å²) < 4.78 is 6.24. The van der Waals surface area contributed by atoms with Gasteiger partial charge in [-0.1, -0.05) is 18.1 Å². The van der Waals surface area contributed by atoms with Crippen LogP contribution in [0.1, 0.15) is 57.8 Å². The molecule has 4 aliphatic rings. The molecule has 5 heteroatoms. The minimum atomic E-state index is -2.21. The van der Waals surface area contributed by atoms with Crippen LogP contribution in [0.3, 0.4) is 0 Å². The summed E-state index contributed by atoms with van der Waals surface area (Å²) in [4.78, 5) is 0. The predicted molar refractivity (Wildman–Crippen MR) is 100 cm³/mol. The van der Waals surface area contributed by atoms with E-state index in [-0.39, 0.29) is 0 Å². The number of hydrogen-bond acceptors (Lipinski definition) is 0. The van der Waals surface area contributed by atoms with Crippen LogP contribution >= 0.6 is 29.1 Å². The third-order valence-electron chi connectivity index (χ3n) is 5.06. The van der Waals surface area contributed by atoms with Crippen LogP contribution in [0.2, 0.25) is 0 Å². The maximum absolute atomic E-state index is 6.24. The first-order valence-electron chi connectivity index (χ1n) is 9.04. The molecular weight excluding hydrogens is 416 g/mol. The number of fused-ring (bicyclic) bond motifs is 2. The van der Waals surface area contributed by atoms with E-state index in [0.717, 1.165) is 12.8 Å². The van der Waals surface area contributed by atoms with Crippen molar-refractivity contribution in [3.63, 3.8) is 0 Å². The van der Waals surface area contributed by atoms with Gasteiger partial charge in [-0.25, -0.2) is 0 Å².